The van der Waals surface area contributed by atoms with Crippen LogP contribution in [0.4, 0.5) is 0 Å². The van der Waals surface area contributed by atoms with E-state index < -0.39 is 0 Å². The van der Waals surface area contributed by atoms with Crippen LogP contribution < -0.4 is 12.4 Å². The Hall–Kier alpha value is -0.410. The van der Waals surface area contributed by atoms with E-state index in [0.717, 1.165) is 12.8 Å². The standard InChI is InChI=1S/C38H76NO2.ClH/c1-5-7-9-11-13-15-17-19-21-23-25-27-29-31-33-37(40)35-39(3,4)36-38(41)34-32-30-28-26-24-22-20-18-16-14-12-10-8-6-2;/h5-36H2,1-4H3;1H/q+1;/p-1. The number of rotatable bonds is 34. The van der Waals surface area contributed by atoms with Gasteiger partial charge in [0, 0.05) is 12.8 Å². The smallest absolute Gasteiger partial charge is 0.186 e. The largest absolute Gasteiger partial charge is 1.00 e. The molecule has 0 atom stereocenters. The van der Waals surface area contributed by atoms with Crippen LogP contribution in [0, 0.1) is 0 Å². The van der Waals surface area contributed by atoms with E-state index in [-0.39, 0.29) is 12.4 Å². The van der Waals surface area contributed by atoms with Crippen molar-refractivity contribution >= 4 is 11.6 Å². The first-order chi connectivity index (χ1) is 19.9. The molecule has 0 aliphatic rings. The zero-order valence-electron chi connectivity index (χ0n) is 29.3. The number of Topliss-reactive ketones (excluding diaryl/α,β-unsaturated/α-hetero) is 2. The van der Waals surface area contributed by atoms with Crippen LogP contribution in [0.2, 0.25) is 0 Å². The summed E-state index contributed by atoms with van der Waals surface area (Å²) in [4.78, 5) is 25.1. The first-order valence-electron chi connectivity index (χ1n) is 18.8. The van der Waals surface area contributed by atoms with Gasteiger partial charge in [-0.15, -0.1) is 0 Å². The summed E-state index contributed by atoms with van der Waals surface area (Å²) in [6.07, 6.45) is 38.9. The van der Waals surface area contributed by atoms with Crippen LogP contribution in [0.1, 0.15) is 206 Å². The number of hydrogen-bond donors (Lipinski definition) is 0. The molecule has 3 nitrogen and oxygen atoms in total. The molecule has 0 radical (unpaired) electrons. The van der Waals surface area contributed by atoms with Crippen molar-refractivity contribution in [2.45, 2.75) is 206 Å². The van der Waals surface area contributed by atoms with Gasteiger partial charge in [-0.1, -0.05) is 181 Å². The van der Waals surface area contributed by atoms with Crippen LogP contribution in [0.15, 0.2) is 0 Å². The van der Waals surface area contributed by atoms with Crippen LogP contribution >= 0.6 is 0 Å². The van der Waals surface area contributed by atoms with Crippen molar-refractivity contribution in [1.29, 1.82) is 0 Å². The Labute approximate surface area is 271 Å². The van der Waals surface area contributed by atoms with Gasteiger partial charge in [0.05, 0.1) is 14.1 Å². The number of carbonyl (C=O) groups is 2. The molecule has 0 aromatic heterocycles. The molecule has 0 N–H and O–H groups in total. The second-order valence-corrected chi connectivity index (χ2v) is 14.0. The van der Waals surface area contributed by atoms with Crippen LogP contribution in [0.25, 0.3) is 0 Å². The van der Waals surface area contributed by atoms with E-state index in [2.05, 4.69) is 13.8 Å². The summed E-state index contributed by atoms with van der Waals surface area (Å²) in [7, 11) is 4.10. The van der Waals surface area contributed by atoms with Crippen molar-refractivity contribution < 1.29 is 26.5 Å². The summed E-state index contributed by atoms with van der Waals surface area (Å²) in [5.74, 6) is 0.663. The minimum atomic E-state index is 0. The van der Waals surface area contributed by atoms with Crippen LogP contribution in [0.3, 0.4) is 0 Å². The van der Waals surface area contributed by atoms with Crippen LogP contribution in [0.5, 0.6) is 0 Å². The lowest BCUT2D eigenvalue weighted by Gasteiger charge is -2.28. The van der Waals surface area contributed by atoms with Gasteiger partial charge in [0.15, 0.2) is 11.6 Å². The molecule has 0 aromatic rings. The van der Waals surface area contributed by atoms with E-state index in [1.807, 2.05) is 14.1 Å². The monoisotopic (exact) mass is 614 g/mol. The fourth-order valence-electron chi connectivity index (χ4n) is 6.20. The summed E-state index contributed by atoms with van der Waals surface area (Å²) in [6.45, 7) is 5.57. The van der Waals surface area contributed by atoms with Gasteiger partial charge < -0.3 is 16.9 Å². The lowest BCUT2D eigenvalue weighted by Crippen LogP contribution is -3.00. The highest BCUT2D eigenvalue weighted by atomic mass is 35.5. The maximum Gasteiger partial charge on any atom is 0.186 e. The topological polar surface area (TPSA) is 34.1 Å². The summed E-state index contributed by atoms with van der Waals surface area (Å²) < 4.78 is 0.523. The van der Waals surface area contributed by atoms with Gasteiger partial charge in [0.1, 0.15) is 13.1 Å². The maximum absolute atomic E-state index is 12.5. The lowest BCUT2D eigenvalue weighted by molar-refractivity contribution is -0.874. The average molecular weight is 614 g/mol. The van der Waals surface area contributed by atoms with Crippen LogP contribution in [-0.2, 0) is 9.59 Å². The van der Waals surface area contributed by atoms with E-state index in [1.54, 1.807) is 0 Å². The minimum absolute atomic E-state index is 0. The normalized spacial score (nSPS) is 11.5. The fraction of sp³-hybridized carbons (Fsp3) is 0.947. The van der Waals surface area contributed by atoms with Gasteiger partial charge in [-0.25, -0.2) is 0 Å². The molecule has 0 rings (SSSR count). The number of unbranched alkanes of at least 4 members (excludes halogenated alkanes) is 26. The van der Waals surface area contributed by atoms with Crippen molar-refractivity contribution in [3.05, 3.63) is 0 Å². The number of carbonyl (C=O) groups excluding carboxylic acids is 2. The molecule has 0 fully saturated rings. The van der Waals surface area contributed by atoms with Gasteiger partial charge in [0.2, 0.25) is 0 Å². The van der Waals surface area contributed by atoms with Crippen molar-refractivity contribution in [1.82, 2.24) is 0 Å². The third kappa shape index (κ3) is 34.1. The summed E-state index contributed by atoms with van der Waals surface area (Å²) in [6, 6.07) is 0. The SMILES string of the molecule is CCCCCCCCCCCCCCCCC(=O)C[N+](C)(C)CC(=O)CCCCCCCCCCCCCCCC.[Cl-]. The van der Waals surface area contributed by atoms with Gasteiger partial charge in [0.25, 0.3) is 0 Å². The Morgan fingerprint density at radius 3 is 0.762 bits per heavy atom. The number of halogens is 1. The van der Waals surface area contributed by atoms with Crippen LogP contribution in [-0.4, -0.2) is 43.2 Å². The number of likely N-dealkylation sites (N-methyl/N-ethyl adjacent to an activating group) is 1. The summed E-state index contributed by atoms with van der Waals surface area (Å²) >= 11 is 0. The molecule has 0 spiro atoms. The molecule has 0 amide bonds. The van der Waals surface area contributed by atoms with E-state index in [0.29, 0.717) is 42.0 Å². The lowest BCUT2D eigenvalue weighted by atomic mass is 10.0. The van der Waals surface area contributed by atoms with E-state index in [4.69, 9.17) is 0 Å². The Balaban J connectivity index is 0. The second-order valence-electron chi connectivity index (χ2n) is 14.0. The predicted octanol–water partition coefficient (Wildman–Crippen LogP) is 8.95. The van der Waals surface area contributed by atoms with Crippen molar-refractivity contribution in [3.8, 4) is 0 Å². The number of ketones is 2. The Bertz CT molecular complexity index is 529. The van der Waals surface area contributed by atoms with E-state index in [9.17, 15) is 9.59 Å². The Morgan fingerprint density at radius 1 is 0.357 bits per heavy atom. The van der Waals surface area contributed by atoms with Gasteiger partial charge >= 0.3 is 0 Å². The van der Waals surface area contributed by atoms with Crippen molar-refractivity contribution in [3.63, 3.8) is 0 Å². The molecule has 0 saturated heterocycles. The minimum Gasteiger partial charge on any atom is -1.00 e. The van der Waals surface area contributed by atoms with E-state index >= 15 is 0 Å². The summed E-state index contributed by atoms with van der Waals surface area (Å²) in [5, 5.41) is 0. The molecule has 0 unspecified atom stereocenters. The first-order valence-corrected chi connectivity index (χ1v) is 18.8. The molecule has 0 aliphatic heterocycles. The first kappa shape index (κ1) is 43.7. The average Bonchev–Trinajstić information content (AvgIpc) is 2.92. The summed E-state index contributed by atoms with van der Waals surface area (Å²) in [5.41, 5.74) is 0. The highest BCUT2D eigenvalue weighted by Gasteiger charge is 2.23. The molecule has 4 heteroatoms. The van der Waals surface area contributed by atoms with E-state index in [1.165, 1.54) is 167 Å². The van der Waals surface area contributed by atoms with Gasteiger partial charge in [-0.05, 0) is 12.8 Å². The zero-order valence-corrected chi connectivity index (χ0v) is 30.0. The Morgan fingerprint density at radius 2 is 0.548 bits per heavy atom. The van der Waals surface area contributed by atoms with Crippen molar-refractivity contribution in [2.24, 2.45) is 0 Å². The molecule has 42 heavy (non-hydrogen) atoms. The zero-order chi connectivity index (χ0) is 30.3. The number of hydrogen-bond acceptors (Lipinski definition) is 2. The molecular weight excluding hydrogens is 538 g/mol. The molecule has 0 saturated carbocycles. The van der Waals surface area contributed by atoms with Gasteiger partial charge in [-0.3, -0.25) is 9.59 Å². The maximum atomic E-state index is 12.5. The quantitative estimate of drug-likeness (QED) is 0.0536. The third-order valence-electron chi connectivity index (χ3n) is 8.83. The second kappa shape index (κ2) is 33.5. The highest BCUT2D eigenvalue weighted by Crippen LogP contribution is 2.15. The molecule has 252 valence electrons. The Kier molecular flexibility index (Phi) is 34.9. The molecule has 0 aromatic carbocycles. The predicted molar refractivity (Wildman–Crippen MR) is 182 cm³/mol. The van der Waals surface area contributed by atoms with Gasteiger partial charge in [-0.2, -0.15) is 0 Å². The molecule has 0 bridgehead atoms. The number of quaternary nitrogens is 1. The molecule has 0 heterocycles. The molecule has 0 aliphatic carbocycles. The fourth-order valence-corrected chi connectivity index (χ4v) is 6.20. The molecular formula is C38H76ClNO2. The third-order valence-corrected chi connectivity index (χ3v) is 8.83. The highest BCUT2D eigenvalue weighted by molar-refractivity contribution is 5.81. The van der Waals surface area contributed by atoms with Crippen molar-refractivity contribution in [2.75, 3.05) is 27.2 Å². The number of nitrogens with zero attached hydrogens (tertiary/aromatic N) is 1.